The minimum absolute atomic E-state index is 0.0658. The van der Waals surface area contributed by atoms with Gasteiger partial charge in [-0.1, -0.05) is 6.07 Å². The van der Waals surface area contributed by atoms with Crippen LogP contribution in [0, 0.1) is 0 Å². The van der Waals surface area contributed by atoms with E-state index in [-0.39, 0.29) is 36.5 Å². The van der Waals surface area contributed by atoms with E-state index in [9.17, 15) is 24.0 Å². The maximum atomic E-state index is 13.1. The summed E-state index contributed by atoms with van der Waals surface area (Å²) < 4.78 is 37.3. The molecule has 0 aromatic heterocycles. The first-order chi connectivity index (χ1) is 21.4. The van der Waals surface area contributed by atoms with Gasteiger partial charge in [-0.05, 0) is 18.6 Å². The zero-order valence-electron chi connectivity index (χ0n) is 25.0. The van der Waals surface area contributed by atoms with Gasteiger partial charge in [-0.15, -0.1) is 0 Å². The number of benzene rings is 1. The lowest BCUT2D eigenvalue weighted by Gasteiger charge is -2.27. The van der Waals surface area contributed by atoms with Gasteiger partial charge in [0, 0.05) is 25.6 Å². The molecule has 1 fully saturated rings. The molecule has 15 heteroatoms. The highest BCUT2D eigenvalue weighted by Gasteiger charge is 2.45. The normalized spacial score (nSPS) is 16.3. The number of imide groups is 2. The third kappa shape index (κ3) is 11.6. The van der Waals surface area contributed by atoms with Crippen LogP contribution >= 0.6 is 0 Å². The maximum Gasteiger partial charge on any atom is 0.302 e. The van der Waals surface area contributed by atoms with Gasteiger partial charge >= 0.3 is 5.97 Å². The van der Waals surface area contributed by atoms with E-state index in [1.165, 1.54) is 6.92 Å². The van der Waals surface area contributed by atoms with Crippen molar-refractivity contribution in [1.29, 1.82) is 0 Å². The van der Waals surface area contributed by atoms with Crippen molar-refractivity contribution in [1.82, 2.24) is 10.2 Å². The van der Waals surface area contributed by atoms with E-state index in [2.05, 4.69) is 10.6 Å². The maximum absolute atomic E-state index is 13.1. The number of nitrogens with one attached hydrogen (secondary N) is 2. The minimum atomic E-state index is -1.01. The SMILES string of the molecule is CC(=O)OCCOCCOCCOCCOCCOCCOCCNc1cccc2c1C(=O)N(C1CCC(=O)NC1=O)C2=O. The van der Waals surface area contributed by atoms with E-state index in [0.717, 1.165) is 4.90 Å². The van der Waals surface area contributed by atoms with Crippen LogP contribution < -0.4 is 10.6 Å². The quantitative estimate of drug-likeness (QED) is 0.0958. The van der Waals surface area contributed by atoms with Crippen molar-refractivity contribution in [3.8, 4) is 0 Å². The number of piperidine rings is 1. The molecule has 244 valence electrons. The van der Waals surface area contributed by atoms with Gasteiger partial charge in [-0.3, -0.25) is 34.2 Å². The fourth-order valence-electron chi connectivity index (χ4n) is 4.37. The molecule has 0 bridgehead atoms. The number of esters is 1. The summed E-state index contributed by atoms with van der Waals surface area (Å²) in [7, 11) is 0. The summed E-state index contributed by atoms with van der Waals surface area (Å²) in [6.45, 7) is 6.87. The molecule has 1 atom stereocenters. The number of hydrogen-bond acceptors (Lipinski definition) is 13. The Kier molecular flexibility index (Phi) is 15.7. The molecular weight excluding hydrogens is 582 g/mol. The lowest BCUT2D eigenvalue weighted by atomic mass is 10.0. The second-order valence-electron chi connectivity index (χ2n) is 9.62. The summed E-state index contributed by atoms with van der Waals surface area (Å²) in [5.41, 5.74) is 0.901. The van der Waals surface area contributed by atoms with Crippen LogP contribution in [0.2, 0.25) is 0 Å². The Bertz CT molecular complexity index is 1120. The van der Waals surface area contributed by atoms with Gasteiger partial charge in [0.15, 0.2) is 0 Å². The molecule has 1 saturated heterocycles. The van der Waals surface area contributed by atoms with Gasteiger partial charge in [0.1, 0.15) is 12.6 Å². The molecule has 3 rings (SSSR count). The highest BCUT2D eigenvalue weighted by atomic mass is 16.6. The molecule has 2 aliphatic rings. The van der Waals surface area contributed by atoms with Gasteiger partial charge in [0.25, 0.3) is 11.8 Å². The first-order valence-corrected chi connectivity index (χ1v) is 14.6. The molecule has 0 aliphatic carbocycles. The third-order valence-corrected chi connectivity index (χ3v) is 6.42. The highest BCUT2D eigenvalue weighted by Crippen LogP contribution is 2.32. The molecule has 44 heavy (non-hydrogen) atoms. The third-order valence-electron chi connectivity index (χ3n) is 6.42. The zero-order valence-corrected chi connectivity index (χ0v) is 25.0. The Labute approximate surface area is 255 Å². The molecule has 0 spiro atoms. The predicted octanol–water partition coefficient (Wildman–Crippen LogP) is 0.162. The molecule has 1 aromatic carbocycles. The Morgan fingerprint density at radius 2 is 1.30 bits per heavy atom. The fourth-order valence-corrected chi connectivity index (χ4v) is 4.37. The minimum Gasteiger partial charge on any atom is -0.463 e. The molecular formula is C29H41N3O12. The Balaban J connectivity index is 1.14. The summed E-state index contributed by atoms with van der Waals surface area (Å²) in [6, 6.07) is 3.89. The van der Waals surface area contributed by atoms with E-state index in [0.29, 0.717) is 91.5 Å². The standard InChI is InChI=1S/C29H41N3O12/c1-21(33)44-20-19-43-18-17-42-16-15-41-14-13-40-12-11-39-10-9-38-8-7-30-23-4-2-3-22-26(23)29(37)32(28(22)36)24-5-6-25(34)31-27(24)35/h2-4,24,30H,5-20H2,1H3,(H,31,34,35). The van der Waals surface area contributed by atoms with E-state index >= 15 is 0 Å². The lowest BCUT2D eigenvalue weighted by Crippen LogP contribution is -2.54. The van der Waals surface area contributed by atoms with Gasteiger partial charge < -0.3 is 38.5 Å². The van der Waals surface area contributed by atoms with Crippen molar-refractivity contribution in [2.45, 2.75) is 25.8 Å². The van der Waals surface area contributed by atoms with Crippen LogP contribution in [-0.4, -0.2) is 133 Å². The number of nitrogens with zero attached hydrogens (tertiary/aromatic N) is 1. The highest BCUT2D eigenvalue weighted by molar-refractivity contribution is 6.25. The predicted molar refractivity (Wildman–Crippen MR) is 153 cm³/mol. The van der Waals surface area contributed by atoms with Crippen LogP contribution in [0.3, 0.4) is 0 Å². The van der Waals surface area contributed by atoms with Gasteiger partial charge in [-0.2, -0.15) is 0 Å². The van der Waals surface area contributed by atoms with Crippen molar-refractivity contribution in [2.24, 2.45) is 0 Å². The van der Waals surface area contributed by atoms with Crippen LogP contribution in [0.4, 0.5) is 5.69 Å². The smallest absolute Gasteiger partial charge is 0.302 e. The van der Waals surface area contributed by atoms with Crippen molar-refractivity contribution >= 4 is 35.3 Å². The van der Waals surface area contributed by atoms with E-state index < -0.39 is 29.7 Å². The van der Waals surface area contributed by atoms with Crippen molar-refractivity contribution in [2.75, 3.05) is 97.8 Å². The number of hydrogen-bond donors (Lipinski definition) is 2. The number of ether oxygens (including phenoxy) is 7. The molecule has 2 heterocycles. The topological polar surface area (TPSA) is 177 Å². The Morgan fingerprint density at radius 1 is 0.773 bits per heavy atom. The van der Waals surface area contributed by atoms with Crippen molar-refractivity contribution in [3.05, 3.63) is 29.3 Å². The summed E-state index contributed by atoms with van der Waals surface area (Å²) in [6.07, 6.45) is 0.169. The van der Waals surface area contributed by atoms with E-state index in [4.69, 9.17) is 33.2 Å². The summed E-state index contributed by atoms with van der Waals surface area (Å²) in [4.78, 5) is 61.3. The van der Waals surface area contributed by atoms with Crippen LogP contribution in [-0.2, 0) is 47.5 Å². The first kappa shape index (κ1) is 35.0. The average molecular weight is 624 g/mol. The van der Waals surface area contributed by atoms with Gasteiger partial charge in [-0.25, -0.2) is 0 Å². The summed E-state index contributed by atoms with van der Waals surface area (Å²) in [5.74, 6) is -2.50. The van der Waals surface area contributed by atoms with Crippen LogP contribution in [0.5, 0.6) is 0 Å². The molecule has 1 unspecified atom stereocenters. The zero-order chi connectivity index (χ0) is 31.6. The molecule has 1 aromatic rings. The number of anilines is 1. The molecule has 2 aliphatic heterocycles. The second-order valence-corrected chi connectivity index (χ2v) is 9.62. The molecule has 2 N–H and O–H groups in total. The molecule has 0 saturated carbocycles. The largest absolute Gasteiger partial charge is 0.463 e. The number of carbonyl (C=O) groups is 5. The van der Waals surface area contributed by atoms with Crippen LogP contribution in [0.1, 0.15) is 40.5 Å². The van der Waals surface area contributed by atoms with Gasteiger partial charge in [0.05, 0.1) is 90.4 Å². The fraction of sp³-hybridized carbons (Fsp3) is 0.621. The number of carbonyl (C=O) groups excluding carboxylic acids is 5. The first-order valence-electron chi connectivity index (χ1n) is 14.6. The summed E-state index contributed by atoms with van der Waals surface area (Å²) in [5, 5.41) is 5.31. The van der Waals surface area contributed by atoms with Crippen LogP contribution in [0.25, 0.3) is 0 Å². The van der Waals surface area contributed by atoms with E-state index in [1.54, 1.807) is 18.2 Å². The monoisotopic (exact) mass is 623 g/mol. The van der Waals surface area contributed by atoms with Crippen molar-refractivity contribution < 1.29 is 57.1 Å². The molecule has 0 radical (unpaired) electrons. The Morgan fingerprint density at radius 3 is 1.82 bits per heavy atom. The van der Waals surface area contributed by atoms with Crippen LogP contribution in [0.15, 0.2) is 18.2 Å². The summed E-state index contributed by atoms with van der Waals surface area (Å²) >= 11 is 0. The lowest BCUT2D eigenvalue weighted by molar-refractivity contribution is -0.142. The number of fused-ring (bicyclic) bond motifs is 1. The van der Waals surface area contributed by atoms with Gasteiger partial charge in [0.2, 0.25) is 11.8 Å². The second kappa shape index (κ2) is 19.7. The average Bonchev–Trinajstić information content (AvgIpc) is 3.25. The molecule has 15 nitrogen and oxygen atoms in total. The van der Waals surface area contributed by atoms with Crippen molar-refractivity contribution in [3.63, 3.8) is 0 Å². The number of rotatable bonds is 23. The number of amides is 4. The molecule has 4 amide bonds. The Hall–Kier alpha value is -3.47. The van der Waals surface area contributed by atoms with E-state index in [1.807, 2.05) is 0 Å².